The Morgan fingerprint density at radius 1 is 0.957 bits per heavy atom. The second kappa shape index (κ2) is 6.01. The molecule has 0 N–H and O–H groups in total. The van der Waals surface area contributed by atoms with Gasteiger partial charge in [0.05, 0.1) is 5.92 Å². The van der Waals surface area contributed by atoms with Crippen LogP contribution in [0.2, 0.25) is 0 Å². The summed E-state index contributed by atoms with van der Waals surface area (Å²) in [6.07, 6.45) is -3.09. The minimum atomic E-state index is -4.11. The molecule has 0 spiro atoms. The molecule has 0 nitrogen and oxygen atoms in total. The van der Waals surface area contributed by atoms with Crippen LogP contribution in [0.5, 0.6) is 0 Å². The SMILES string of the molecule is FC1(F)CC(c2ccc(Br)c(C3CCC(C(F)(F)F)CC3)c2)C1. The normalized spacial score (nSPS) is 28.4. The lowest BCUT2D eigenvalue weighted by atomic mass is 9.74. The smallest absolute Gasteiger partial charge is 0.207 e. The molecular weight excluding hydrogens is 379 g/mol. The molecule has 0 amide bonds. The maximum absolute atomic E-state index is 13.0. The first kappa shape index (κ1) is 17.2. The van der Waals surface area contributed by atoms with Crippen molar-refractivity contribution in [3.63, 3.8) is 0 Å². The average molecular weight is 397 g/mol. The van der Waals surface area contributed by atoms with Crippen LogP contribution in [0.1, 0.15) is 61.5 Å². The van der Waals surface area contributed by atoms with Gasteiger partial charge < -0.3 is 0 Å². The number of hydrogen-bond acceptors (Lipinski definition) is 0. The standard InChI is InChI=1S/C17H18BrF5/c18-15-6-3-11(12-8-16(19,20)9-12)7-14(15)10-1-4-13(5-2-10)17(21,22)23/h3,6-7,10,12-13H,1-2,4-5,8-9H2. The van der Waals surface area contributed by atoms with E-state index >= 15 is 0 Å². The van der Waals surface area contributed by atoms with E-state index in [1.807, 2.05) is 18.2 Å². The predicted octanol–water partition coefficient (Wildman–Crippen LogP) is 6.80. The van der Waals surface area contributed by atoms with Crippen molar-refractivity contribution in [2.45, 2.75) is 62.5 Å². The van der Waals surface area contributed by atoms with Crippen LogP contribution >= 0.6 is 15.9 Å². The fraction of sp³-hybridized carbons (Fsp3) is 0.647. The Kier molecular flexibility index (Phi) is 4.49. The molecule has 0 aromatic heterocycles. The van der Waals surface area contributed by atoms with Gasteiger partial charge in [0.25, 0.3) is 0 Å². The maximum Gasteiger partial charge on any atom is 0.391 e. The van der Waals surface area contributed by atoms with Crippen LogP contribution < -0.4 is 0 Å². The fourth-order valence-corrected chi connectivity index (χ4v) is 4.33. The van der Waals surface area contributed by atoms with E-state index in [1.165, 1.54) is 0 Å². The minimum Gasteiger partial charge on any atom is -0.207 e. The number of benzene rings is 1. The molecule has 2 saturated carbocycles. The largest absolute Gasteiger partial charge is 0.391 e. The summed E-state index contributed by atoms with van der Waals surface area (Å²) in [6.45, 7) is 0. The molecule has 2 fully saturated rings. The van der Waals surface area contributed by atoms with Crippen LogP contribution in [0.25, 0.3) is 0 Å². The Hall–Kier alpha value is -0.650. The van der Waals surface area contributed by atoms with Crippen LogP contribution in [0.3, 0.4) is 0 Å². The van der Waals surface area contributed by atoms with Crippen molar-refractivity contribution in [2.75, 3.05) is 0 Å². The average Bonchev–Trinajstić information content (AvgIpc) is 2.44. The first-order chi connectivity index (χ1) is 10.7. The van der Waals surface area contributed by atoms with Gasteiger partial charge in [0.15, 0.2) is 0 Å². The third kappa shape index (κ3) is 3.72. The van der Waals surface area contributed by atoms with Gasteiger partial charge in [0.1, 0.15) is 0 Å². The van der Waals surface area contributed by atoms with Gasteiger partial charge in [0, 0.05) is 17.3 Å². The highest BCUT2D eigenvalue weighted by molar-refractivity contribution is 9.10. The van der Waals surface area contributed by atoms with Crippen molar-refractivity contribution in [1.29, 1.82) is 0 Å². The number of rotatable bonds is 2. The fourth-order valence-electron chi connectivity index (χ4n) is 3.76. The Labute approximate surface area is 140 Å². The molecule has 128 valence electrons. The van der Waals surface area contributed by atoms with E-state index in [0.717, 1.165) is 15.6 Å². The van der Waals surface area contributed by atoms with E-state index in [-0.39, 0.29) is 37.5 Å². The van der Waals surface area contributed by atoms with Gasteiger partial charge in [-0.15, -0.1) is 0 Å². The summed E-state index contributed by atoms with van der Waals surface area (Å²) in [5, 5.41) is 0. The van der Waals surface area contributed by atoms with Crippen LogP contribution in [0.15, 0.2) is 22.7 Å². The van der Waals surface area contributed by atoms with Gasteiger partial charge in [-0.25, -0.2) is 8.78 Å². The van der Waals surface area contributed by atoms with Crippen molar-refractivity contribution in [3.8, 4) is 0 Å². The zero-order chi connectivity index (χ0) is 16.8. The summed E-state index contributed by atoms with van der Waals surface area (Å²) in [4.78, 5) is 0. The third-order valence-electron chi connectivity index (χ3n) is 5.21. The molecule has 3 rings (SSSR count). The Morgan fingerprint density at radius 3 is 2.09 bits per heavy atom. The summed E-state index contributed by atoms with van der Waals surface area (Å²) in [5.74, 6) is -3.83. The van der Waals surface area contributed by atoms with Crippen LogP contribution in [-0.2, 0) is 0 Å². The predicted molar refractivity (Wildman–Crippen MR) is 81.8 cm³/mol. The molecule has 6 heteroatoms. The second-order valence-corrected chi connectivity index (χ2v) is 7.69. The number of hydrogen-bond donors (Lipinski definition) is 0. The molecule has 0 aliphatic heterocycles. The van der Waals surface area contributed by atoms with E-state index < -0.39 is 18.0 Å². The molecular formula is C17H18BrF5. The summed E-state index contributed by atoms with van der Waals surface area (Å²) in [6, 6.07) is 5.61. The molecule has 0 atom stereocenters. The minimum absolute atomic E-state index is 0.0727. The van der Waals surface area contributed by atoms with Crippen molar-refractivity contribution >= 4 is 15.9 Å². The molecule has 1 aromatic carbocycles. The zero-order valence-electron chi connectivity index (χ0n) is 12.5. The molecule has 1 aromatic rings. The van der Waals surface area contributed by atoms with E-state index in [9.17, 15) is 22.0 Å². The van der Waals surface area contributed by atoms with Gasteiger partial charge >= 0.3 is 6.18 Å². The summed E-state index contributed by atoms with van der Waals surface area (Å²) in [5.41, 5.74) is 1.85. The lowest BCUT2D eigenvalue weighted by Gasteiger charge is -2.36. The van der Waals surface area contributed by atoms with Crippen LogP contribution in [0.4, 0.5) is 22.0 Å². The first-order valence-electron chi connectivity index (χ1n) is 7.89. The van der Waals surface area contributed by atoms with Crippen molar-refractivity contribution in [2.24, 2.45) is 5.92 Å². The summed E-state index contributed by atoms with van der Waals surface area (Å²) in [7, 11) is 0. The van der Waals surface area contributed by atoms with Gasteiger partial charge in [-0.2, -0.15) is 13.2 Å². The lowest BCUT2D eigenvalue weighted by molar-refractivity contribution is -0.182. The highest BCUT2D eigenvalue weighted by Crippen LogP contribution is 2.50. The van der Waals surface area contributed by atoms with Crippen LogP contribution in [-0.4, -0.2) is 12.1 Å². The first-order valence-corrected chi connectivity index (χ1v) is 8.69. The monoisotopic (exact) mass is 396 g/mol. The van der Waals surface area contributed by atoms with Gasteiger partial charge in [-0.3, -0.25) is 0 Å². The summed E-state index contributed by atoms with van der Waals surface area (Å²) < 4.78 is 65.3. The molecule has 2 aliphatic rings. The maximum atomic E-state index is 13.0. The highest BCUT2D eigenvalue weighted by atomic mass is 79.9. The Bertz CT molecular complexity index is 565. The quantitative estimate of drug-likeness (QED) is 0.482. The van der Waals surface area contributed by atoms with Gasteiger partial charge in [0.2, 0.25) is 5.92 Å². The van der Waals surface area contributed by atoms with E-state index in [1.54, 1.807) is 0 Å². The zero-order valence-corrected chi connectivity index (χ0v) is 14.1. The third-order valence-corrected chi connectivity index (χ3v) is 5.93. The molecule has 23 heavy (non-hydrogen) atoms. The number of halogens is 6. The lowest BCUT2D eigenvalue weighted by Crippen LogP contribution is -2.33. The van der Waals surface area contributed by atoms with Crippen molar-refractivity contribution < 1.29 is 22.0 Å². The number of alkyl halides is 5. The Morgan fingerprint density at radius 2 is 1.57 bits per heavy atom. The van der Waals surface area contributed by atoms with Gasteiger partial charge in [-0.05, 0) is 54.7 Å². The van der Waals surface area contributed by atoms with E-state index in [4.69, 9.17) is 0 Å². The topological polar surface area (TPSA) is 0 Å². The molecule has 0 unspecified atom stereocenters. The molecule has 0 bridgehead atoms. The van der Waals surface area contributed by atoms with Crippen LogP contribution in [0, 0.1) is 5.92 Å². The molecule has 0 radical (unpaired) electrons. The van der Waals surface area contributed by atoms with E-state index in [2.05, 4.69) is 15.9 Å². The molecule has 2 aliphatic carbocycles. The second-order valence-electron chi connectivity index (χ2n) is 6.83. The van der Waals surface area contributed by atoms with Gasteiger partial charge in [-0.1, -0.05) is 28.1 Å². The van der Waals surface area contributed by atoms with E-state index in [0.29, 0.717) is 12.8 Å². The van der Waals surface area contributed by atoms with Crippen molar-refractivity contribution in [1.82, 2.24) is 0 Å². The molecule has 0 saturated heterocycles. The Balaban J connectivity index is 1.71. The molecule has 0 heterocycles. The van der Waals surface area contributed by atoms with Crippen molar-refractivity contribution in [3.05, 3.63) is 33.8 Å². The summed E-state index contributed by atoms with van der Waals surface area (Å²) >= 11 is 3.46. The highest BCUT2D eigenvalue weighted by Gasteiger charge is 2.46.